The summed E-state index contributed by atoms with van der Waals surface area (Å²) in [7, 11) is 1.41. The zero-order chi connectivity index (χ0) is 15.6. The smallest absolute Gasteiger partial charge is 0.308 e. The maximum absolute atomic E-state index is 12.1. The second-order valence-corrected chi connectivity index (χ2v) is 7.41. The molecule has 1 aliphatic rings. The van der Waals surface area contributed by atoms with Crippen molar-refractivity contribution < 1.29 is 19.1 Å². The van der Waals surface area contributed by atoms with Crippen LogP contribution in [0.25, 0.3) is 0 Å². The molecule has 0 aromatic carbocycles. The van der Waals surface area contributed by atoms with Crippen LogP contribution in [-0.4, -0.2) is 24.6 Å². The van der Waals surface area contributed by atoms with Gasteiger partial charge in [0, 0.05) is 6.42 Å². The lowest BCUT2D eigenvalue weighted by molar-refractivity contribution is -0.161. The Balaban J connectivity index is 2.83. The van der Waals surface area contributed by atoms with Gasteiger partial charge in [0.15, 0.2) is 0 Å². The molecule has 20 heavy (non-hydrogen) atoms. The first-order valence-electron chi connectivity index (χ1n) is 7.36. The summed E-state index contributed by atoms with van der Waals surface area (Å²) in [5.74, 6) is -0.646. The number of hydrogen-bond acceptors (Lipinski definition) is 4. The van der Waals surface area contributed by atoms with Gasteiger partial charge < -0.3 is 9.47 Å². The number of esters is 2. The van der Waals surface area contributed by atoms with Crippen LogP contribution in [0.2, 0.25) is 0 Å². The molecule has 1 rings (SSSR count). The normalized spacial score (nSPS) is 25.9. The van der Waals surface area contributed by atoms with Crippen LogP contribution >= 0.6 is 0 Å². The molecule has 0 aliphatic heterocycles. The van der Waals surface area contributed by atoms with Gasteiger partial charge in [-0.1, -0.05) is 20.3 Å². The molecule has 4 heteroatoms. The fraction of sp³-hybridized carbons (Fsp3) is 0.875. The molecule has 0 N–H and O–H groups in total. The summed E-state index contributed by atoms with van der Waals surface area (Å²) in [5, 5.41) is 0. The molecular formula is C16H28O4. The molecule has 0 amide bonds. The van der Waals surface area contributed by atoms with Gasteiger partial charge in [0.25, 0.3) is 0 Å². The number of ether oxygens (including phenoxy) is 2. The SMILES string of the molecule is COC(=O)[C@H]1CCCC(C)(C)[C@@H]1CC(=O)OC(C)(C)C. The van der Waals surface area contributed by atoms with Crippen molar-refractivity contribution in [1.29, 1.82) is 0 Å². The maximum atomic E-state index is 12.1. The third-order valence-corrected chi connectivity index (χ3v) is 4.14. The molecular weight excluding hydrogens is 256 g/mol. The average Bonchev–Trinajstić information content (AvgIpc) is 2.28. The highest BCUT2D eigenvalue weighted by molar-refractivity contribution is 5.75. The molecule has 1 aliphatic carbocycles. The van der Waals surface area contributed by atoms with Crippen molar-refractivity contribution in [2.45, 2.75) is 65.9 Å². The summed E-state index contributed by atoms with van der Waals surface area (Å²) < 4.78 is 10.3. The lowest BCUT2D eigenvalue weighted by Gasteiger charge is -2.42. The fourth-order valence-electron chi connectivity index (χ4n) is 3.12. The molecule has 0 radical (unpaired) electrons. The summed E-state index contributed by atoms with van der Waals surface area (Å²) in [6.45, 7) is 9.81. The second-order valence-electron chi connectivity index (χ2n) is 7.41. The van der Waals surface area contributed by atoms with Crippen molar-refractivity contribution in [1.82, 2.24) is 0 Å². The first-order chi connectivity index (χ1) is 9.07. The van der Waals surface area contributed by atoms with E-state index in [1.165, 1.54) is 7.11 Å². The van der Waals surface area contributed by atoms with Gasteiger partial charge in [-0.25, -0.2) is 0 Å². The summed E-state index contributed by atoms with van der Waals surface area (Å²) in [6.07, 6.45) is 3.10. The Morgan fingerprint density at radius 1 is 1.25 bits per heavy atom. The van der Waals surface area contributed by atoms with Crippen LogP contribution in [0.4, 0.5) is 0 Å². The van der Waals surface area contributed by atoms with Gasteiger partial charge in [-0.3, -0.25) is 9.59 Å². The highest BCUT2D eigenvalue weighted by Gasteiger charge is 2.44. The third kappa shape index (κ3) is 4.50. The molecule has 2 atom stereocenters. The highest BCUT2D eigenvalue weighted by atomic mass is 16.6. The molecule has 1 fully saturated rings. The number of carbonyl (C=O) groups is 2. The van der Waals surface area contributed by atoms with E-state index in [1.807, 2.05) is 20.8 Å². The Bertz CT molecular complexity index is 365. The summed E-state index contributed by atoms with van der Waals surface area (Å²) >= 11 is 0. The quantitative estimate of drug-likeness (QED) is 0.746. The van der Waals surface area contributed by atoms with Gasteiger partial charge in [0.1, 0.15) is 5.60 Å². The Hall–Kier alpha value is -1.06. The largest absolute Gasteiger partial charge is 0.469 e. The molecule has 1 saturated carbocycles. The lowest BCUT2D eigenvalue weighted by atomic mass is 9.62. The van der Waals surface area contributed by atoms with Gasteiger partial charge in [-0.15, -0.1) is 0 Å². The van der Waals surface area contributed by atoms with Crippen molar-refractivity contribution in [2.75, 3.05) is 7.11 Å². The first-order valence-corrected chi connectivity index (χ1v) is 7.36. The first kappa shape index (κ1) is 17.0. The van der Waals surface area contributed by atoms with Gasteiger partial charge in [0.05, 0.1) is 13.0 Å². The van der Waals surface area contributed by atoms with Crippen LogP contribution in [0.1, 0.15) is 60.3 Å². The molecule has 116 valence electrons. The summed E-state index contributed by atoms with van der Waals surface area (Å²) in [5.41, 5.74) is -0.537. The van der Waals surface area contributed by atoms with E-state index in [9.17, 15) is 9.59 Å². The molecule has 0 saturated heterocycles. The summed E-state index contributed by atoms with van der Waals surface area (Å²) in [4.78, 5) is 24.1. The Labute approximate surface area is 122 Å². The van der Waals surface area contributed by atoms with E-state index in [0.717, 1.165) is 19.3 Å². The Morgan fingerprint density at radius 3 is 2.35 bits per heavy atom. The van der Waals surface area contributed by atoms with E-state index < -0.39 is 5.60 Å². The zero-order valence-corrected chi connectivity index (χ0v) is 13.6. The monoisotopic (exact) mass is 284 g/mol. The molecule has 0 spiro atoms. The average molecular weight is 284 g/mol. The van der Waals surface area contributed by atoms with Gasteiger partial charge in [0.2, 0.25) is 0 Å². The molecule has 0 aromatic rings. The van der Waals surface area contributed by atoms with Gasteiger partial charge in [-0.2, -0.15) is 0 Å². The van der Waals surface area contributed by atoms with Crippen LogP contribution in [-0.2, 0) is 19.1 Å². The third-order valence-electron chi connectivity index (χ3n) is 4.14. The minimum Gasteiger partial charge on any atom is -0.469 e. The Morgan fingerprint density at radius 2 is 1.85 bits per heavy atom. The molecule has 0 heterocycles. The number of methoxy groups -OCH3 is 1. The lowest BCUT2D eigenvalue weighted by Crippen LogP contribution is -2.41. The van der Waals surface area contributed by atoms with Gasteiger partial charge in [-0.05, 0) is 44.9 Å². The second kappa shape index (κ2) is 6.15. The topological polar surface area (TPSA) is 52.6 Å². The van der Waals surface area contributed by atoms with Gasteiger partial charge >= 0.3 is 11.9 Å². The molecule has 4 nitrogen and oxygen atoms in total. The molecule has 0 bridgehead atoms. The fourth-order valence-corrected chi connectivity index (χ4v) is 3.12. The van der Waals surface area contributed by atoms with Crippen molar-refractivity contribution in [3.05, 3.63) is 0 Å². The predicted octanol–water partition coefficient (Wildman–Crippen LogP) is 3.33. The van der Waals surface area contributed by atoms with E-state index in [1.54, 1.807) is 0 Å². The molecule has 0 unspecified atom stereocenters. The van der Waals surface area contributed by atoms with Crippen LogP contribution in [0.5, 0.6) is 0 Å². The summed E-state index contributed by atoms with van der Waals surface area (Å²) in [6, 6.07) is 0. The molecule has 0 aromatic heterocycles. The van der Waals surface area contributed by atoms with E-state index in [4.69, 9.17) is 9.47 Å². The maximum Gasteiger partial charge on any atom is 0.308 e. The minimum atomic E-state index is -0.489. The number of rotatable bonds is 3. The number of hydrogen-bond donors (Lipinski definition) is 0. The van der Waals surface area contributed by atoms with E-state index in [2.05, 4.69) is 13.8 Å². The van der Waals surface area contributed by atoms with Crippen molar-refractivity contribution >= 4 is 11.9 Å². The van der Waals surface area contributed by atoms with Crippen molar-refractivity contribution in [3.63, 3.8) is 0 Å². The van der Waals surface area contributed by atoms with Crippen molar-refractivity contribution in [2.24, 2.45) is 17.3 Å². The standard InChI is InChI=1S/C16H28O4/c1-15(2,3)20-13(17)10-12-11(14(18)19-6)8-7-9-16(12,4)5/h11-12H,7-10H2,1-6H3/t11-,12+/m0/s1. The van der Waals surface area contributed by atoms with E-state index >= 15 is 0 Å². The Kier molecular flexibility index (Phi) is 5.22. The predicted molar refractivity (Wildman–Crippen MR) is 77.1 cm³/mol. The van der Waals surface area contributed by atoms with E-state index in [-0.39, 0.29) is 35.6 Å². The van der Waals surface area contributed by atoms with Crippen LogP contribution in [0.3, 0.4) is 0 Å². The van der Waals surface area contributed by atoms with Crippen LogP contribution < -0.4 is 0 Å². The highest BCUT2D eigenvalue weighted by Crippen LogP contribution is 2.46. The number of carbonyl (C=O) groups excluding carboxylic acids is 2. The minimum absolute atomic E-state index is 0.0152. The van der Waals surface area contributed by atoms with E-state index in [0.29, 0.717) is 0 Å². The zero-order valence-electron chi connectivity index (χ0n) is 13.6. The van der Waals surface area contributed by atoms with Crippen LogP contribution in [0, 0.1) is 17.3 Å². The van der Waals surface area contributed by atoms with Crippen molar-refractivity contribution in [3.8, 4) is 0 Å². The van der Waals surface area contributed by atoms with Crippen LogP contribution in [0.15, 0.2) is 0 Å².